The second-order valence-corrected chi connectivity index (χ2v) is 7.64. The van der Waals surface area contributed by atoms with E-state index in [0.29, 0.717) is 6.61 Å². The number of hydrogen-bond acceptors (Lipinski definition) is 2. The molecular formula is C23H24O2. The van der Waals surface area contributed by atoms with Crippen LogP contribution in [0.25, 0.3) is 0 Å². The second kappa shape index (κ2) is 6.18. The molecule has 0 amide bonds. The number of ether oxygens (including phenoxy) is 1. The van der Waals surface area contributed by atoms with Gasteiger partial charge in [0.25, 0.3) is 0 Å². The Morgan fingerprint density at radius 1 is 1.16 bits per heavy atom. The van der Waals surface area contributed by atoms with Crippen LogP contribution in [-0.2, 0) is 17.8 Å². The second-order valence-electron chi connectivity index (χ2n) is 7.64. The van der Waals surface area contributed by atoms with E-state index in [1.165, 1.54) is 16.7 Å². The highest BCUT2D eigenvalue weighted by molar-refractivity contribution is 5.93. The van der Waals surface area contributed by atoms with Crippen molar-refractivity contribution < 1.29 is 9.53 Å². The predicted octanol–water partition coefficient (Wildman–Crippen LogP) is 5.08. The van der Waals surface area contributed by atoms with Crippen molar-refractivity contribution >= 4 is 5.78 Å². The molecule has 0 saturated carbocycles. The third kappa shape index (κ3) is 2.90. The van der Waals surface area contributed by atoms with Crippen molar-refractivity contribution in [3.05, 3.63) is 77.4 Å². The minimum atomic E-state index is 0.0464. The van der Waals surface area contributed by atoms with Crippen molar-refractivity contribution in [1.82, 2.24) is 0 Å². The van der Waals surface area contributed by atoms with Gasteiger partial charge in [0.05, 0.1) is 0 Å². The number of carbonyl (C=O) groups is 1. The molecule has 128 valence electrons. The number of fused-ring (bicyclic) bond motifs is 3. The molecule has 2 aliphatic rings. The van der Waals surface area contributed by atoms with Crippen molar-refractivity contribution in [2.45, 2.75) is 39.2 Å². The van der Waals surface area contributed by atoms with Crippen molar-refractivity contribution in [1.29, 1.82) is 0 Å². The quantitative estimate of drug-likeness (QED) is 0.784. The molecule has 3 atom stereocenters. The Hall–Kier alpha value is -2.35. The molecule has 0 saturated heterocycles. The lowest BCUT2D eigenvalue weighted by molar-refractivity contribution is -0.120. The van der Waals surface area contributed by atoms with Crippen molar-refractivity contribution in [2.24, 2.45) is 11.3 Å². The molecule has 0 heterocycles. The molecule has 4 rings (SSSR count). The van der Waals surface area contributed by atoms with E-state index < -0.39 is 0 Å². The number of carbonyl (C=O) groups excluding carboxylic acids is 1. The van der Waals surface area contributed by atoms with E-state index in [9.17, 15) is 4.79 Å². The molecule has 0 aromatic heterocycles. The van der Waals surface area contributed by atoms with Gasteiger partial charge < -0.3 is 4.74 Å². The highest BCUT2D eigenvalue weighted by atomic mass is 16.5. The highest BCUT2D eigenvalue weighted by Crippen LogP contribution is 2.52. The van der Waals surface area contributed by atoms with Gasteiger partial charge in [-0.2, -0.15) is 0 Å². The summed E-state index contributed by atoms with van der Waals surface area (Å²) in [5, 5.41) is 0. The normalized spacial score (nSPS) is 27.5. The third-order valence-corrected chi connectivity index (χ3v) is 5.92. The smallest absolute Gasteiger partial charge is 0.158 e. The first-order chi connectivity index (χ1) is 12.1. The molecule has 0 N–H and O–H groups in total. The Bertz CT molecular complexity index is 821. The van der Waals surface area contributed by atoms with Crippen LogP contribution in [0.4, 0.5) is 0 Å². The molecule has 2 nitrogen and oxygen atoms in total. The van der Waals surface area contributed by atoms with Gasteiger partial charge in [0.15, 0.2) is 5.78 Å². The fourth-order valence-corrected chi connectivity index (χ4v) is 4.46. The summed E-state index contributed by atoms with van der Waals surface area (Å²) in [5.74, 6) is 1.48. The van der Waals surface area contributed by atoms with E-state index >= 15 is 0 Å². The zero-order chi connectivity index (χ0) is 17.4. The number of hydrogen-bond donors (Lipinski definition) is 0. The lowest BCUT2D eigenvalue weighted by atomic mass is 9.58. The Kier molecular flexibility index (Phi) is 3.99. The highest BCUT2D eigenvalue weighted by Gasteiger charge is 2.44. The van der Waals surface area contributed by atoms with E-state index in [1.807, 2.05) is 18.2 Å². The Morgan fingerprint density at radius 3 is 2.76 bits per heavy atom. The average Bonchev–Trinajstić information content (AvgIpc) is 2.64. The van der Waals surface area contributed by atoms with Crippen LogP contribution in [0.15, 0.2) is 60.7 Å². The largest absolute Gasteiger partial charge is 0.489 e. The minimum Gasteiger partial charge on any atom is -0.489 e. The fourth-order valence-electron chi connectivity index (χ4n) is 4.46. The molecule has 0 radical (unpaired) electrons. The van der Waals surface area contributed by atoms with Crippen LogP contribution in [0.5, 0.6) is 5.75 Å². The van der Waals surface area contributed by atoms with Gasteiger partial charge in [-0.25, -0.2) is 0 Å². The molecule has 25 heavy (non-hydrogen) atoms. The SMILES string of the molecule is C[C@H]1C(=O)C=C[C@]2(C)CCc3cc(OCc4ccccc4)ccc3[C@@H]12. The molecule has 2 aromatic carbocycles. The van der Waals surface area contributed by atoms with Crippen LogP contribution in [0.2, 0.25) is 0 Å². The summed E-state index contributed by atoms with van der Waals surface area (Å²) >= 11 is 0. The van der Waals surface area contributed by atoms with Crippen LogP contribution < -0.4 is 4.74 Å². The van der Waals surface area contributed by atoms with Crippen LogP contribution in [0.1, 0.15) is 42.9 Å². The van der Waals surface area contributed by atoms with Crippen LogP contribution in [-0.4, -0.2) is 5.78 Å². The first kappa shape index (κ1) is 16.1. The molecule has 0 fully saturated rings. The topological polar surface area (TPSA) is 26.3 Å². The molecule has 0 spiro atoms. The van der Waals surface area contributed by atoms with Gasteiger partial charge in [-0.15, -0.1) is 0 Å². The Morgan fingerprint density at radius 2 is 1.96 bits per heavy atom. The van der Waals surface area contributed by atoms with Gasteiger partial charge in [0, 0.05) is 11.8 Å². The molecule has 2 aromatic rings. The number of rotatable bonds is 3. The Balaban J connectivity index is 1.60. The maximum Gasteiger partial charge on any atom is 0.158 e. The van der Waals surface area contributed by atoms with Crippen molar-refractivity contribution in [3.8, 4) is 5.75 Å². The van der Waals surface area contributed by atoms with E-state index in [-0.39, 0.29) is 23.0 Å². The van der Waals surface area contributed by atoms with Crippen molar-refractivity contribution in [3.63, 3.8) is 0 Å². The zero-order valence-corrected chi connectivity index (χ0v) is 14.9. The predicted molar refractivity (Wildman–Crippen MR) is 99.7 cm³/mol. The van der Waals surface area contributed by atoms with E-state index in [1.54, 1.807) is 6.08 Å². The van der Waals surface area contributed by atoms with E-state index in [2.05, 4.69) is 50.3 Å². The lowest BCUT2D eigenvalue weighted by Gasteiger charge is -2.45. The summed E-state index contributed by atoms with van der Waals surface area (Å²) in [6.07, 6.45) is 6.06. The fraction of sp³-hybridized carbons (Fsp3) is 0.348. The number of ketones is 1. The van der Waals surface area contributed by atoms with E-state index in [0.717, 1.165) is 18.6 Å². The maximum atomic E-state index is 12.2. The van der Waals surface area contributed by atoms with Crippen LogP contribution in [0.3, 0.4) is 0 Å². The number of benzene rings is 2. The maximum absolute atomic E-state index is 12.2. The molecule has 2 heteroatoms. The van der Waals surface area contributed by atoms with Gasteiger partial charge in [-0.1, -0.05) is 56.3 Å². The van der Waals surface area contributed by atoms with Crippen molar-refractivity contribution in [2.75, 3.05) is 0 Å². The van der Waals surface area contributed by atoms with Gasteiger partial charge in [0.1, 0.15) is 12.4 Å². The zero-order valence-electron chi connectivity index (χ0n) is 14.9. The van der Waals surface area contributed by atoms with Crippen LogP contribution in [0, 0.1) is 11.3 Å². The van der Waals surface area contributed by atoms with Gasteiger partial charge in [-0.3, -0.25) is 4.79 Å². The first-order valence-electron chi connectivity index (χ1n) is 9.09. The third-order valence-electron chi connectivity index (χ3n) is 5.92. The van der Waals surface area contributed by atoms with Crippen LogP contribution >= 0.6 is 0 Å². The minimum absolute atomic E-state index is 0.0464. The summed E-state index contributed by atoms with van der Waals surface area (Å²) in [6, 6.07) is 16.6. The first-order valence-corrected chi connectivity index (χ1v) is 9.09. The molecule has 0 aliphatic heterocycles. The van der Waals surface area contributed by atoms with Gasteiger partial charge >= 0.3 is 0 Å². The monoisotopic (exact) mass is 332 g/mol. The average molecular weight is 332 g/mol. The molecular weight excluding hydrogens is 308 g/mol. The summed E-state index contributed by atoms with van der Waals surface area (Å²) in [7, 11) is 0. The lowest BCUT2D eigenvalue weighted by Crippen LogP contribution is -2.39. The summed E-state index contributed by atoms with van der Waals surface area (Å²) in [5.41, 5.74) is 3.92. The summed E-state index contributed by atoms with van der Waals surface area (Å²) in [6.45, 7) is 4.95. The standard InChI is InChI=1S/C23H24O2/c1-16-21(24)11-13-23(2)12-10-18-14-19(8-9-20(18)22(16)23)25-15-17-6-4-3-5-7-17/h3-9,11,13-14,16,22H,10,12,15H2,1-2H3/t16-,22+,23-/m0/s1. The molecule has 2 aliphatic carbocycles. The van der Waals surface area contributed by atoms with Gasteiger partial charge in [-0.05, 0) is 53.2 Å². The number of allylic oxidation sites excluding steroid dienone is 2. The van der Waals surface area contributed by atoms with Gasteiger partial charge in [0.2, 0.25) is 0 Å². The summed E-state index contributed by atoms with van der Waals surface area (Å²) in [4.78, 5) is 12.2. The Labute approximate surface area is 149 Å². The molecule has 0 bridgehead atoms. The summed E-state index contributed by atoms with van der Waals surface area (Å²) < 4.78 is 5.99. The number of aryl methyl sites for hydroxylation is 1. The van der Waals surface area contributed by atoms with E-state index in [4.69, 9.17) is 4.74 Å². The molecule has 0 unspecified atom stereocenters.